The molecule has 0 aliphatic carbocycles. The Balaban J connectivity index is 1.44. The monoisotopic (exact) mass is 442 g/mol. The van der Waals surface area contributed by atoms with Gasteiger partial charge in [-0.25, -0.2) is 4.39 Å². The minimum Gasteiger partial charge on any atom is -0.419 e. The summed E-state index contributed by atoms with van der Waals surface area (Å²) in [5.41, 5.74) is 5.19. The molecule has 0 bridgehead atoms. The molecule has 5 rings (SSSR count). The molecule has 2 heterocycles. The molecule has 1 saturated heterocycles. The van der Waals surface area contributed by atoms with Crippen molar-refractivity contribution in [2.75, 3.05) is 31.1 Å². The van der Waals surface area contributed by atoms with Gasteiger partial charge in [0.25, 0.3) is 0 Å². The van der Waals surface area contributed by atoms with Gasteiger partial charge in [-0.2, -0.15) is 0 Å². The largest absolute Gasteiger partial charge is 0.419 e. The summed E-state index contributed by atoms with van der Waals surface area (Å²) in [6.07, 6.45) is 0. The Labute approximate surface area is 193 Å². The molecule has 1 aliphatic heterocycles. The highest BCUT2D eigenvalue weighted by molar-refractivity contribution is 5.55. The third kappa shape index (κ3) is 4.39. The Morgan fingerprint density at radius 1 is 0.848 bits per heavy atom. The number of rotatable bonds is 5. The zero-order chi connectivity index (χ0) is 22.8. The van der Waals surface area contributed by atoms with Gasteiger partial charge in [-0.3, -0.25) is 4.90 Å². The fraction of sp³-hybridized carbons (Fsp3) is 0.259. The summed E-state index contributed by atoms with van der Waals surface area (Å²) in [5, 5.41) is 8.61. The summed E-state index contributed by atoms with van der Waals surface area (Å²) in [6.45, 7) is 7.47. The zero-order valence-electron chi connectivity index (χ0n) is 18.9. The second-order valence-electron chi connectivity index (χ2n) is 8.55. The van der Waals surface area contributed by atoms with Crippen molar-refractivity contribution in [3.8, 4) is 11.5 Å². The first-order valence-electron chi connectivity index (χ1n) is 11.3. The molecule has 0 saturated carbocycles. The van der Waals surface area contributed by atoms with Crippen molar-refractivity contribution in [3.05, 3.63) is 101 Å². The van der Waals surface area contributed by atoms with E-state index in [0.717, 1.165) is 31.7 Å². The molecule has 4 aromatic rings. The van der Waals surface area contributed by atoms with E-state index in [1.54, 1.807) is 6.07 Å². The molecule has 1 aliphatic rings. The topological polar surface area (TPSA) is 45.4 Å². The minimum atomic E-state index is -0.433. The van der Waals surface area contributed by atoms with Gasteiger partial charge in [-0.1, -0.05) is 48.5 Å². The Morgan fingerprint density at radius 2 is 1.58 bits per heavy atom. The number of aryl methyl sites for hydroxylation is 2. The normalized spacial score (nSPS) is 15.5. The van der Waals surface area contributed by atoms with E-state index < -0.39 is 6.04 Å². The average molecular weight is 443 g/mol. The SMILES string of the molecule is Cc1ccc(C)c(N2CCN([C@H](c3nnc(-c4ccccc4)o3)c3ccccc3F)CC2)c1. The van der Waals surface area contributed by atoms with Gasteiger partial charge in [0.05, 0.1) is 0 Å². The van der Waals surface area contributed by atoms with Gasteiger partial charge < -0.3 is 9.32 Å². The van der Waals surface area contributed by atoms with Crippen LogP contribution in [0.2, 0.25) is 0 Å². The van der Waals surface area contributed by atoms with Crippen LogP contribution >= 0.6 is 0 Å². The third-order valence-corrected chi connectivity index (χ3v) is 6.28. The smallest absolute Gasteiger partial charge is 0.247 e. The maximum absolute atomic E-state index is 14.9. The van der Waals surface area contributed by atoms with Crippen molar-refractivity contribution in [2.24, 2.45) is 0 Å². The number of hydrogen-bond donors (Lipinski definition) is 0. The molecule has 6 heteroatoms. The maximum Gasteiger partial charge on any atom is 0.247 e. The molecule has 3 aromatic carbocycles. The first-order chi connectivity index (χ1) is 16.1. The second-order valence-corrected chi connectivity index (χ2v) is 8.55. The van der Waals surface area contributed by atoms with Crippen molar-refractivity contribution in [1.29, 1.82) is 0 Å². The summed E-state index contributed by atoms with van der Waals surface area (Å²) >= 11 is 0. The molecule has 5 nitrogen and oxygen atoms in total. The van der Waals surface area contributed by atoms with Gasteiger partial charge in [0, 0.05) is 43.0 Å². The highest BCUT2D eigenvalue weighted by Gasteiger charge is 2.32. The predicted molar refractivity (Wildman–Crippen MR) is 128 cm³/mol. The van der Waals surface area contributed by atoms with Crippen molar-refractivity contribution in [1.82, 2.24) is 15.1 Å². The van der Waals surface area contributed by atoms with Gasteiger partial charge in [-0.15, -0.1) is 10.2 Å². The van der Waals surface area contributed by atoms with Crippen LogP contribution in [0.15, 0.2) is 77.2 Å². The molecule has 0 N–H and O–H groups in total. The van der Waals surface area contributed by atoms with E-state index in [-0.39, 0.29) is 5.82 Å². The van der Waals surface area contributed by atoms with Crippen LogP contribution in [0.3, 0.4) is 0 Å². The van der Waals surface area contributed by atoms with Crippen LogP contribution < -0.4 is 4.90 Å². The highest BCUT2D eigenvalue weighted by atomic mass is 19.1. The van der Waals surface area contributed by atoms with Crippen molar-refractivity contribution >= 4 is 5.69 Å². The summed E-state index contributed by atoms with van der Waals surface area (Å²) in [6, 6.07) is 22.6. The van der Waals surface area contributed by atoms with Crippen LogP contribution in [-0.2, 0) is 0 Å². The molecule has 1 aromatic heterocycles. The standard InChI is InChI=1S/C27H27FN4O/c1-19-12-13-20(2)24(18-19)31-14-16-32(17-15-31)25(22-10-6-7-11-23(22)28)27-30-29-26(33-27)21-8-4-3-5-9-21/h3-13,18,25H,14-17H2,1-2H3/t25-/m0/s1. The molecule has 0 unspecified atom stereocenters. The lowest BCUT2D eigenvalue weighted by Crippen LogP contribution is -2.48. The molecule has 33 heavy (non-hydrogen) atoms. The molecule has 0 amide bonds. The lowest BCUT2D eigenvalue weighted by atomic mass is 10.0. The van der Waals surface area contributed by atoms with E-state index in [2.05, 4.69) is 52.0 Å². The Morgan fingerprint density at radius 3 is 2.33 bits per heavy atom. The summed E-state index contributed by atoms with van der Waals surface area (Å²) in [7, 11) is 0. The van der Waals surface area contributed by atoms with Crippen LogP contribution in [0.25, 0.3) is 11.5 Å². The van der Waals surface area contributed by atoms with E-state index >= 15 is 0 Å². The van der Waals surface area contributed by atoms with E-state index in [0.29, 0.717) is 17.3 Å². The van der Waals surface area contributed by atoms with E-state index in [9.17, 15) is 4.39 Å². The van der Waals surface area contributed by atoms with Crippen molar-refractivity contribution in [3.63, 3.8) is 0 Å². The lowest BCUT2D eigenvalue weighted by Gasteiger charge is -2.39. The zero-order valence-corrected chi connectivity index (χ0v) is 18.9. The Hall–Kier alpha value is -3.51. The van der Waals surface area contributed by atoms with Gasteiger partial charge in [0.15, 0.2) is 0 Å². The minimum absolute atomic E-state index is 0.265. The highest BCUT2D eigenvalue weighted by Crippen LogP contribution is 2.33. The van der Waals surface area contributed by atoms with Gasteiger partial charge in [0.2, 0.25) is 11.8 Å². The van der Waals surface area contributed by atoms with Crippen LogP contribution in [0.1, 0.15) is 28.6 Å². The molecular weight excluding hydrogens is 415 g/mol. The van der Waals surface area contributed by atoms with Gasteiger partial charge in [0.1, 0.15) is 11.9 Å². The quantitative estimate of drug-likeness (QED) is 0.414. The molecule has 0 radical (unpaired) electrons. The number of nitrogens with zero attached hydrogens (tertiary/aromatic N) is 4. The van der Waals surface area contributed by atoms with Crippen LogP contribution in [0.4, 0.5) is 10.1 Å². The van der Waals surface area contributed by atoms with Crippen molar-refractivity contribution < 1.29 is 8.81 Å². The number of halogens is 1. The molecule has 0 spiro atoms. The first-order valence-corrected chi connectivity index (χ1v) is 11.3. The number of anilines is 1. The molecular formula is C27H27FN4O. The second kappa shape index (κ2) is 9.16. The van der Waals surface area contributed by atoms with E-state index in [1.165, 1.54) is 22.9 Å². The number of piperazine rings is 1. The van der Waals surface area contributed by atoms with Gasteiger partial charge >= 0.3 is 0 Å². The van der Waals surface area contributed by atoms with E-state index in [4.69, 9.17) is 4.42 Å². The van der Waals surface area contributed by atoms with Gasteiger partial charge in [-0.05, 0) is 49.2 Å². The average Bonchev–Trinajstić information content (AvgIpc) is 3.33. The lowest BCUT2D eigenvalue weighted by molar-refractivity contribution is 0.184. The Bertz CT molecular complexity index is 1230. The number of aromatic nitrogens is 2. The number of hydrogen-bond acceptors (Lipinski definition) is 5. The third-order valence-electron chi connectivity index (χ3n) is 6.28. The first kappa shape index (κ1) is 21.3. The summed E-state index contributed by atoms with van der Waals surface area (Å²) < 4.78 is 21.0. The summed E-state index contributed by atoms with van der Waals surface area (Å²) in [4.78, 5) is 4.64. The van der Waals surface area contributed by atoms with Crippen LogP contribution in [0, 0.1) is 19.7 Å². The van der Waals surface area contributed by atoms with Crippen LogP contribution in [-0.4, -0.2) is 41.3 Å². The number of benzene rings is 3. The predicted octanol–water partition coefficient (Wildman–Crippen LogP) is 5.40. The summed E-state index contributed by atoms with van der Waals surface area (Å²) in [5.74, 6) is 0.596. The van der Waals surface area contributed by atoms with Crippen LogP contribution in [0.5, 0.6) is 0 Å². The Kier molecular flexibility index (Phi) is 5.92. The maximum atomic E-state index is 14.9. The van der Waals surface area contributed by atoms with E-state index in [1.807, 2.05) is 42.5 Å². The molecule has 1 fully saturated rings. The molecule has 1 atom stereocenters. The fourth-order valence-corrected chi connectivity index (χ4v) is 4.51. The molecule has 168 valence electrons. The fourth-order valence-electron chi connectivity index (χ4n) is 4.51. The van der Waals surface area contributed by atoms with Crippen molar-refractivity contribution in [2.45, 2.75) is 19.9 Å².